The first-order valence-corrected chi connectivity index (χ1v) is 12.4. The van der Waals surface area contributed by atoms with Crippen molar-refractivity contribution in [3.63, 3.8) is 0 Å². The first-order chi connectivity index (χ1) is 17.0. The van der Waals surface area contributed by atoms with Crippen molar-refractivity contribution >= 4 is 57.1 Å². The number of nitrogens with zero attached hydrogens (tertiary/aromatic N) is 2. The van der Waals surface area contributed by atoms with E-state index in [1.54, 1.807) is 24.3 Å². The van der Waals surface area contributed by atoms with Crippen LogP contribution in [0.5, 0.6) is 0 Å². The van der Waals surface area contributed by atoms with Crippen molar-refractivity contribution < 1.29 is 27.9 Å². The number of aromatic nitrogens is 2. The third-order valence-electron chi connectivity index (χ3n) is 5.66. The summed E-state index contributed by atoms with van der Waals surface area (Å²) in [7, 11) is 0. The molecule has 1 saturated heterocycles. The van der Waals surface area contributed by atoms with Crippen molar-refractivity contribution in [1.29, 1.82) is 0 Å². The molecule has 0 atom stereocenters. The van der Waals surface area contributed by atoms with E-state index in [4.69, 9.17) is 21.5 Å². The van der Waals surface area contributed by atoms with E-state index in [0.29, 0.717) is 17.1 Å². The van der Waals surface area contributed by atoms with E-state index in [2.05, 4.69) is 37.8 Å². The highest BCUT2D eigenvalue weighted by atomic mass is 127. The van der Waals surface area contributed by atoms with Crippen LogP contribution in [0.25, 0.3) is 11.0 Å². The van der Waals surface area contributed by atoms with Gasteiger partial charge in [0.15, 0.2) is 0 Å². The monoisotopic (exact) mass is 638 g/mol. The molecular weight excluding hydrogens is 616 g/mol. The van der Waals surface area contributed by atoms with Gasteiger partial charge in [-0.2, -0.15) is 13.2 Å². The van der Waals surface area contributed by atoms with Crippen LogP contribution >= 0.6 is 34.2 Å². The number of alkyl halides is 3. The largest absolute Gasteiger partial charge is 0.490 e. The van der Waals surface area contributed by atoms with E-state index in [-0.39, 0.29) is 17.6 Å². The van der Waals surface area contributed by atoms with E-state index >= 15 is 0 Å². The van der Waals surface area contributed by atoms with Crippen LogP contribution in [0.1, 0.15) is 29.2 Å². The first kappa shape index (κ1) is 28.0. The van der Waals surface area contributed by atoms with Crippen molar-refractivity contribution in [1.82, 2.24) is 19.8 Å². The van der Waals surface area contributed by atoms with Crippen LogP contribution in [-0.2, 0) is 4.79 Å². The summed E-state index contributed by atoms with van der Waals surface area (Å²) in [5.74, 6) is -2.84. The summed E-state index contributed by atoms with van der Waals surface area (Å²) in [6.45, 7) is 3.21. The van der Waals surface area contributed by atoms with E-state index in [1.807, 2.05) is 22.8 Å². The molecule has 3 N–H and O–H groups in total. The van der Waals surface area contributed by atoms with E-state index in [9.17, 15) is 22.8 Å². The molecule has 0 unspecified atom stereocenters. The summed E-state index contributed by atoms with van der Waals surface area (Å²) in [6, 6.07) is 13.2. The molecule has 0 saturated carbocycles. The number of amides is 1. The van der Waals surface area contributed by atoms with Crippen LogP contribution in [0, 0.1) is 3.57 Å². The van der Waals surface area contributed by atoms with Gasteiger partial charge in [0.25, 0.3) is 5.91 Å². The maximum atomic E-state index is 12.5. The Morgan fingerprint density at radius 2 is 1.75 bits per heavy atom. The summed E-state index contributed by atoms with van der Waals surface area (Å²) < 4.78 is 34.8. The van der Waals surface area contributed by atoms with Gasteiger partial charge in [0, 0.05) is 46.4 Å². The molecule has 8 nitrogen and oxygen atoms in total. The number of benzene rings is 2. The fraction of sp³-hybridized carbons (Fsp3) is 0.348. The maximum absolute atomic E-state index is 12.5. The molecule has 1 aromatic heterocycles. The summed E-state index contributed by atoms with van der Waals surface area (Å²) in [5, 5.41) is 10.7. The Balaban J connectivity index is 0.000000454. The molecule has 1 fully saturated rings. The summed E-state index contributed by atoms with van der Waals surface area (Å²) >= 11 is 8.11. The fourth-order valence-corrected chi connectivity index (χ4v) is 4.52. The molecule has 36 heavy (non-hydrogen) atoms. The second kappa shape index (κ2) is 12.1. The quantitative estimate of drug-likeness (QED) is 0.362. The third-order valence-corrected chi connectivity index (χ3v) is 6.59. The number of hydrogen-bond acceptors (Lipinski definition) is 4. The smallest absolute Gasteiger partial charge is 0.475 e. The number of nitrogens with one attached hydrogen (secondary N) is 2. The van der Waals surface area contributed by atoms with Crippen LogP contribution in [0.3, 0.4) is 0 Å². The highest BCUT2D eigenvalue weighted by Crippen LogP contribution is 2.25. The van der Waals surface area contributed by atoms with Crippen LogP contribution in [-0.4, -0.2) is 63.8 Å². The van der Waals surface area contributed by atoms with Gasteiger partial charge >= 0.3 is 17.8 Å². The number of likely N-dealkylation sites (tertiary alicyclic amines) is 1. The minimum atomic E-state index is -5.08. The number of H-pyrrole nitrogens is 1. The van der Waals surface area contributed by atoms with Crippen LogP contribution < -0.4 is 11.0 Å². The molecule has 1 aliphatic heterocycles. The number of carbonyl (C=O) groups is 2. The van der Waals surface area contributed by atoms with E-state index < -0.39 is 12.1 Å². The van der Waals surface area contributed by atoms with Crippen molar-refractivity contribution in [2.75, 3.05) is 26.2 Å². The maximum Gasteiger partial charge on any atom is 0.490 e. The number of carbonyl (C=O) groups excluding carboxylic acids is 1. The molecule has 2 aromatic carbocycles. The van der Waals surface area contributed by atoms with Crippen LogP contribution in [0.4, 0.5) is 13.2 Å². The van der Waals surface area contributed by atoms with Crippen molar-refractivity contribution in [2.24, 2.45) is 0 Å². The van der Waals surface area contributed by atoms with E-state index in [1.165, 1.54) is 0 Å². The van der Waals surface area contributed by atoms with Crippen molar-refractivity contribution in [2.45, 2.75) is 25.1 Å². The molecule has 0 radical (unpaired) electrons. The van der Waals surface area contributed by atoms with E-state index in [0.717, 1.165) is 47.1 Å². The Kier molecular flexibility index (Phi) is 9.41. The number of hydrogen-bond donors (Lipinski definition) is 3. The lowest BCUT2D eigenvalue weighted by molar-refractivity contribution is -0.192. The molecule has 3 aromatic rings. The number of imidazole rings is 1. The zero-order chi connectivity index (χ0) is 26.5. The highest BCUT2D eigenvalue weighted by molar-refractivity contribution is 14.1. The average Bonchev–Trinajstić information content (AvgIpc) is 3.14. The van der Waals surface area contributed by atoms with Gasteiger partial charge in [-0.05, 0) is 77.9 Å². The lowest BCUT2D eigenvalue weighted by atomic mass is 10.0. The lowest BCUT2D eigenvalue weighted by Gasteiger charge is -2.32. The Morgan fingerprint density at radius 1 is 1.14 bits per heavy atom. The molecule has 1 amide bonds. The number of fused-ring (bicyclic) bond motifs is 1. The van der Waals surface area contributed by atoms with Gasteiger partial charge in [0.2, 0.25) is 0 Å². The number of piperidine rings is 1. The van der Waals surface area contributed by atoms with Crippen molar-refractivity contribution in [3.8, 4) is 0 Å². The number of halogens is 5. The normalized spacial score (nSPS) is 14.8. The minimum Gasteiger partial charge on any atom is -0.475 e. The SMILES string of the molecule is O=C(NCCN1CCC(n2c(=O)[nH]c3cc(I)ccc32)CC1)c1ccc(Cl)cc1.O=C(O)C(F)(F)F. The molecular formula is C23H23ClF3IN4O4. The number of carboxylic acid groups (broad SMARTS) is 1. The first-order valence-electron chi connectivity index (χ1n) is 10.9. The van der Waals surface area contributed by atoms with Gasteiger partial charge in [-0.1, -0.05) is 11.6 Å². The summed E-state index contributed by atoms with van der Waals surface area (Å²) in [5.41, 5.74) is 2.45. The Labute approximate surface area is 222 Å². The molecule has 0 aliphatic carbocycles. The van der Waals surface area contributed by atoms with Crippen molar-refractivity contribution in [3.05, 3.63) is 67.1 Å². The molecule has 2 heterocycles. The predicted octanol–water partition coefficient (Wildman–Crippen LogP) is 4.29. The molecule has 0 bridgehead atoms. The second-order valence-electron chi connectivity index (χ2n) is 8.10. The van der Waals surface area contributed by atoms with Crippen LogP contribution in [0.2, 0.25) is 5.02 Å². The van der Waals surface area contributed by atoms with Gasteiger partial charge < -0.3 is 20.3 Å². The molecule has 194 valence electrons. The number of rotatable bonds is 5. The zero-order valence-electron chi connectivity index (χ0n) is 18.8. The van der Waals surface area contributed by atoms with Gasteiger partial charge in [0.1, 0.15) is 0 Å². The molecule has 0 spiro atoms. The minimum absolute atomic E-state index is 0.0318. The topological polar surface area (TPSA) is 107 Å². The number of aromatic amines is 1. The number of aliphatic carboxylic acids is 1. The second-order valence-corrected chi connectivity index (χ2v) is 9.78. The zero-order valence-corrected chi connectivity index (χ0v) is 21.7. The molecule has 1 aliphatic rings. The Bertz CT molecular complexity index is 1270. The van der Waals surface area contributed by atoms with Gasteiger partial charge in [0.05, 0.1) is 11.0 Å². The third kappa shape index (κ3) is 7.46. The Hall–Kier alpha value is -2.58. The summed E-state index contributed by atoms with van der Waals surface area (Å²) in [6.07, 6.45) is -3.24. The van der Waals surface area contributed by atoms with Gasteiger partial charge in [-0.25, -0.2) is 9.59 Å². The standard InChI is InChI=1S/C21H22ClIN4O2.C2HF3O2/c22-15-3-1-14(2-4-15)20(28)24-9-12-26-10-7-17(8-11-26)27-19-6-5-16(23)13-18(19)25-21(27)29;3-2(4,5)1(6)7/h1-6,13,17H,7-12H2,(H,24,28)(H,25,29);(H,6,7). The predicted molar refractivity (Wildman–Crippen MR) is 137 cm³/mol. The molecule has 4 rings (SSSR count). The summed E-state index contributed by atoms with van der Waals surface area (Å²) in [4.78, 5) is 38.9. The Morgan fingerprint density at radius 3 is 2.33 bits per heavy atom. The van der Waals surface area contributed by atoms with Gasteiger partial charge in [-0.15, -0.1) is 0 Å². The fourth-order valence-electron chi connectivity index (χ4n) is 3.90. The number of carboxylic acids is 1. The molecule has 13 heteroatoms. The van der Waals surface area contributed by atoms with Crippen LogP contribution in [0.15, 0.2) is 47.3 Å². The average molecular weight is 639 g/mol. The lowest BCUT2D eigenvalue weighted by Crippen LogP contribution is -2.41. The highest BCUT2D eigenvalue weighted by Gasteiger charge is 2.38. The van der Waals surface area contributed by atoms with Gasteiger partial charge in [-0.3, -0.25) is 9.36 Å².